The van der Waals surface area contributed by atoms with Crippen LogP contribution in [-0.4, -0.2) is 5.91 Å². The Morgan fingerprint density at radius 1 is 1.24 bits per heavy atom. The number of nitrogens with one attached hydrogen (secondary N) is 1. The summed E-state index contributed by atoms with van der Waals surface area (Å²) >= 11 is 6.20. The van der Waals surface area contributed by atoms with E-state index in [2.05, 4.69) is 5.32 Å². The number of carbonyl (C=O) groups is 1. The Bertz CT molecular complexity index is 704. The predicted molar refractivity (Wildman–Crippen MR) is 85.5 cm³/mol. The van der Waals surface area contributed by atoms with Crippen LogP contribution in [0.2, 0.25) is 5.02 Å². The van der Waals surface area contributed by atoms with E-state index in [0.29, 0.717) is 22.0 Å². The van der Waals surface area contributed by atoms with E-state index in [1.165, 1.54) is 0 Å². The first-order valence-corrected chi connectivity index (χ1v) is 6.57. The molecule has 0 aliphatic carbocycles. The van der Waals surface area contributed by atoms with Crippen molar-refractivity contribution in [2.75, 3.05) is 5.32 Å². The number of anilines is 1. The summed E-state index contributed by atoms with van der Waals surface area (Å²) in [7, 11) is 0. The summed E-state index contributed by atoms with van der Waals surface area (Å²) < 4.78 is 5.81. The van der Waals surface area contributed by atoms with Crippen molar-refractivity contribution in [1.82, 2.24) is 0 Å². The van der Waals surface area contributed by atoms with E-state index in [9.17, 15) is 4.79 Å². The molecule has 0 fully saturated rings. The number of hydrogen-bond acceptors (Lipinski definition) is 3. The van der Waals surface area contributed by atoms with Gasteiger partial charge in [0.2, 0.25) is 5.91 Å². The standard InChI is InChI=1S/C15H13ClN2O2.ClH/c1-8-4-2-3-5-12(8)20-13-7-11-9(6-10(13)16)14(17)15(19)18-11;/h2-7,14H,17H2,1H3,(H,18,19);1H. The molecule has 0 radical (unpaired) electrons. The number of para-hydroxylation sites is 1. The van der Waals surface area contributed by atoms with Crippen molar-refractivity contribution in [1.29, 1.82) is 0 Å². The van der Waals surface area contributed by atoms with E-state index in [1.807, 2.05) is 31.2 Å². The van der Waals surface area contributed by atoms with Crippen LogP contribution in [0.4, 0.5) is 5.69 Å². The molecule has 1 aliphatic rings. The second-order valence-corrected chi connectivity index (χ2v) is 5.11. The van der Waals surface area contributed by atoms with Gasteiger partial charge in [0, 0.05) is 17.3 Å². The van der Waals surface area contributed by atoms with Crippen LogP contribution in [0, 0.1) is 6.92 Å². The molecule has 0 spiro atoms. The van der Waals surface area contributed by atoms with Crippen LogP contribution in [-0.2, 0) is 4.79 Å². The molecule has 1 atom stereocenters. The topological polar surface area (TPSA) is 64.3 Å². The highest BCUT2D eigenvalue weighted by Gasteiger charge is 2.28. The maximum absolute atomic E-state index is 11.5. The second-order valence-electron chi connectivity index (χ2n) is 4.70. The lowest BCUT2D eigenvalue weighted by atomic mass is 10.1. The van der Waals surface area contributed by atoms with Crippen molar-refractivity contribution < 1.29 is 9.53 Å². The van der Waals surface area contributed by atoms with Crippen molar-refractivity contribution in [3.63, 3.8) is 0 Å². The third kappa shape index (κ3) is 2.83. The zero-order valence-corrected chi connectivity index (χ0v) is 12.8. The Kier molecular flexibility index (Phi) is 4.42. The number of carbonyl (C=O) groups excluding carboxylic acids is 1. The van der Waals surface area contributed by atoms with E-state index in [4.69, 9.17) is 22.1 Å². The smallest absolute Gasteiger partial charge is 0.245 e. The summed E-state index contributed by atoms with van der Waals surface area (Å²) in [6.45, 7) is 1.95. The number of fused-ring (bicyclic) bond motifs is 1. The van der Waals surface area contributed by atoms with Gasteiger partial charge >= 0.3 is 0 Å². The minimum atomic E-state index is -0.671. The van der Waals surface area contributed by atoms with E-state index in [0.717, 1.165) is 11.3 Å². The number of amides is 1. The van der Waals surface area contributed by atoms with Crippen LogP contribution in [0.25, 0.3) is 0 Å². The maximum atomic E-state index is 11.5. The molecule has 21 heavy (non-hydrogen) atoms. The molecule has 3 rings (SSSR count). The molecular formula is C15H14Cl2N2O2. The molecule has 6 heteroatoms. The number of aryl methyl sites for hydroxylation is 1. The van der Waals surface area contributed by atoms with Gasteiger partial charge in [-0.1, -0.05) is 29.8 Å². The summed E-state index contributed by atoms with van der Waals surface area (Å²) in [4.78, 5) is 11.5. The molecule has 1 amide bonds. The van der Waals surface area contributed by atoms with Crippen LogP contribution < -0.4 is 15.8 Å². The quantitative estimate of drug-likeness (QED) is 0.882. The number of benzene rings is 2. The molecule has 2 aromatic rings. The van der Waals surface area contributed by atoms with Crippen LogP contribution in [0.3, 0.4) is 0 Å². The first kappa shape index (κ1) is 15.6. The molecule has 1 unspecified atom stereocenters. The fraction of sp³-hybridized carbons (Fsp3) is 0.133. The van der Waals surface area contributed by atoms with Crippen molar-refractivity contribution in [2.24, 2.45) is 5.73 Å². The van der Waals surface area contributed by atoms with E-state index >= 15 is 0 Å². The van der Waals surface area contributed by atoms with Gasteiger partial charge < -0.3 is 15.8 Å². The summed E-state index contributed by atoms with van der Waals surface area (Å²) in [6.07, 6.45) is 0. The predicted octanol–water partition coefficient (Wildman–Crippen LogP) is 3.81. The van der Waals surface area contributed by atoms with E-state index in [-0.39, 0.29) is 18.3 Å². The molecule has 4 nitrogen and oxygen atoms in total. The van der Waals surface area contributed by atoms with Crippen molar-refractivity contribution in [3.8, 4) is 11.5 Å². The van der Waals surface area contributed by atoms with Gasteiger partial charge in [-0.2, -0.15) is 0 Å². The lowest BCUT2D eigenvalue weighted by molar-refractivity contribution is -0.116. The molecule has 0 saturated carbocycles. The number of halogens is 2. The average molecular weight is 325 g/mol. The minimum absolute atomic E-state index is 0. The van der Waals surface area contributed by atoms with E-state index < -0.39 is 6.04 Å². The SMILES string of the molecule is Cc1ccccc1Oc1cc2c(cc1Cl)C(N)C(=O)N2.Cl. The number of hydrogen-bond donors (Lipinski definition) is 2. The summed E-state index contributed by atoms with van der Waals surface area (Å²) in [5.74, 6) is 0.987. The molecule has 3 N–H and O–H groups in total. The normalized spacial score (nSPS) is 16.0. The Morgan fingerprint density at radius 3 is 2.67 bits per heavy atom. The average Bonchev–Trinajstić information content (AvgIpc) is 2.69. The minimum Gasteiger partial charge on any atom is -0.455 e. The van der Waals surface area contributed by atoms with Crippen molar-refractivity contribution in [2.45, 2.75) is 13.0 Å². The first-order valence-electron chi connectivity index (χ1n) is 6.19. The highest BCUT2D eigenvalue weighted by Crippen LogP contribution is 2.39. The number of nitrogens with two attached hydrogens (primary N) is 1. The van der Waals surface area contributed by atoms with Gasteiger partial charge in [-0.05, 0) is 24.6 Å². The van der Waals surface area contributed by atoms with Crippen LogP contribution in [0.1, 0.15) is 17.2 Å². The van der Waals surface area contributed by atoms with Gasteiger partial charge in [0.05, 0.1) is 5.02 Å². The summed E-state index contributed by atoms with van der Waals surface area (Å²) in [5.41, 5.74) is 8.12. The van der Waals surface area contributed by atoms with Crippen molar-refractivity contribution >= 4 is 35.6 Å². The highest BCUT2D eigenvalue weighted by atomic mass is 35.5. The lowest BCUT2D eigenvalue weighted by Gasteiger charge is -2.12. The van der Waals surface area contributed by atoms with Crippen LogP contribution in [0.15, 0.2) is 36.4 Å². The Labute approximate surface area is 133 Å². The first-order chi connectivity index (χ1) is 9.56. The van der Waals surface area contributed by atoms with E-state index in [1.54, 1.807) is 12.1 Å². The van der Waals surface area contributed by atoms with Gasteiger partial charge in [-0.15, -0.1) is 12.4 Å². The lowest BCUT2D eigenvalue weighted by Crippen LogP contribution is -2.19. The zero-order chi connectivity index (χ0) is 14.3. The van der Waals surface area contributed by atoms with Gasteiger partial charge in [0.15, 0.2) is 0 Å². The number of ether oxygens (including phenoxy) is 1. The maximum Gasteiger partial charge on any atom is 0.245 e. The molecule has 1 aliphatic heterocycles. The molecule has 0 saturated heterocycles. The van der Waals surface area contributed by atoms with Crippen LogP contribution in [0.5, 0.6) is 11.5 Å². The van der Waals surface area contributed by atoms with Crippen molar-refractivity contribution in [3.05, 3.63) is 52.5 Å². The fourth-order valence-electron chi connectivity index (χ4n) is 2.15. The summed E-state index contributed by atoms with van der Waals surface area (Å²) in [5, 5.41) is 3.14. The third-order valence-corrected chi connectivity index (χ3v) is 3.59. The molecule has 110 valence electrons. The largest absolute Gasteiger partial charge is 0.455 e. The monoisotopic (exact) mass is 324 g/mol. The fourth-order valence-corrected chi connectivity index (χ4v) is 2.36. The van der Waals surface area contributed by atoms with Gasteiger partial charge in [0.1, 0.15) is 17.5 Å². The molecule has 0 bridgehead atoms. The highest BCUT2D eigenvalue weighted by molar-refractivity contribution is 6.32. The van der Waals surface area contributed by atoms with Crippen LogP contribution >= 0.6 is 24.0 Å². The molecule has 2 aromatic carbocycles. The second kappa shape index (κ2) is 5.93. The Hall–Kier alpha value is -1.75. The van der Waals surface area contributed by atoms with Gasteiger partial charge in [-0.25, -0.2) is 0 Å². The zero-order valence-electron chi connectivity index (χ0n) is 11.2. The molecular weight excluding hydrogens is 311 g/mol. The molecule has 0 aromatic heterocycles. The van der Waals surface area contributed by atoms with Gasteiger partial charge in [-0.3, -0.25) is 4.79 Å². The number of rotatable bonds is 2. The molecule has 1 heterocycles. The van der Waals surface area contributed by atoms with Gasteiger partial charge in [0.25, 0.3) is 0 Å². The summed E-state index contributed by atoms with van der Waals surface area (Å²) in [6, 6.07) is 10.3. The Morgan fingerprint density at radius 2 is 1.95 bits per heavy atom. The third-order valence-electron chi connectivity index (χ3n) is 3.29. The Balaban J connectivity index is 0.00000161.